The second kappa shape index (κ2) is 5.66. The van der Waals surface area contributed by atoms with Crippen molar-refractivity contribution < 1.29 is 9.32 Å². The summed E-state index contributed by atoms with van der Waals surface area (Å²) in [4.78, 5) is 19.7. The van der Waals surface area contributed by atoms with Crippen LogP contribution in [-0.2, 0) is 6.42 Å². The Morgan fingerprint density at radius 2 is 2.37 bits per heavy atom. The van der Waals surface area contributed by atoms with E-state index in [0.29, 0.717) is 30.2 Å². The minimum absolute atomic E-state index is 0.215. The number of amides is 1. The summed E-state index contributed by atoms with van der Waals surface area (Å²) in [5.41, 5.74) is 6.22. The van der Waals surface area contributed by atoms with Gasteiger partial charge in [-0.1, -0.05) is 16.8 Å². The van der Waals surface area contributed by atoms with Gasteiger partial charge in [0.2, 0.25) is 5.89 Å². The zero-order valence-electron chi connectivity index (χ0n) is 10.2. The second-order valence-electron chi connectivity index (χ2n) is 3.84. The molecule has 2 heterocycles. The lowest BCUT2D eigenvalue weighted by molar-refractivity contribution is 0.0954. The van der Waals surface area contributed by atoms with E-state index in [1.807, 2.05) is 0 Å². The van der Waals surface area contributed by atoms with Gasteiger partial charge in [0.25, 0.3) is 5.91 Å². The Kier molecular flexibility index (Phi) is 3.96. The molecule has 0 saturated heterocycles. The number of aryl methyl sites for hydroxylation is 1. The first-order valence-corrected chi connectivity index (χ1v) is 5.92. The number of carbonyl (C=O) groups is 1. The summed E-state index contributed by atoms with van der Waals surface area (Å²) in [7, 11) is 0. The highest BCUT2D eigenvalue weighted by atomic mass is 35.5. The van der Waals surface area contributed by atoms with E-state index < -0.39 is 0 Å². The van der Waals surface area contributed by atoms with Gasteiger partial charge < -0.3 is 15.6 Å². The zero-order chi connectivity index (χ0) is 13.8. The monoisotopic (exact) mass is 281 g/mol. The zero-order valence-corrected chi connectivity index (χ0v) is 10.9. The number of hydrogen-bond acceptors (Lipinski definition) is 6. The summed E-state index contributed by atoms with van der Waals surface area (Å²) in [6.07, 6.45) is 1.80. The third kappa shape index (κ3) is 3.41. The van der Waals surface area contributed by atoms with Crippen molar-refractivity contribution in [2.75, 3.05) is 12.3 Å². The standard InChI is InChI=1S/C11H12ClN5O2/c1-6-16-10(19-17-6)2-3-14-11(18)7-4-9(12)15-5-8(7)13/h4-5H,2-3,13H2,1H3,(H,14,18). The minimum Gasteiger partial charge on any atom is -0.397 e. The van der Waals surface area contributed by atoms with E-state index in [1.54, 1.807) is 6.92 Å². The Bertz CT molecular complexity index is 599. The third-order valence-electron chi connectivity index (χ3n) is 2.34. The van der Waals surface area contributed by atoms with Crippen LogP contribution in [0, 0.1) is 6.92 Å². The van der Waals surface area contributed by atoms with Crippen molar-refractivity contribution in [3.8, 4) is 0 Å². The molecule has 0 bridgehead atoms. The third-order valence-corrected chi connectivity index (χ3v) is 2.55. The average Bonchev–Trinajstić information content (AvgIpc) is 2.78. The first-order valence-electron chi connectivity index (χ1n) is 5.54. The van der Waals surface area contributed by atoms with Crippen LogP contribution < -0.4 is 11.1 Å². The number of rotatable bonds is 4. The fraction of sp³-hybridized carbons (Fsp3) is 0.273. The van der Waals surface area contributed by atoms with Gasteiger partial charge in [0.05, 0.1) is 17.4 Å². The number of nitrogens with one attached hydrogen (secondary N) is 1. The molecule has 0 unspecified atom stereocenters. The van der Waals surface area contributed by atoms with Crippen molar-refractivity contribution in [1.29, 1.82) is 0 Å². The molecule has 2 rings (SSSR count). The molecular weight excluding hydrogens is 270 g/mol. The van der Waals surface area contributed by atoms with Crippen molar-refractivity contribution in [1.82, 2.24) is 20.4 Å². The van der Waals surface area contributed by atoms with Crippen LogP contribution >= 0.6 is 11.6 Å². The predicted molar refractivity (Wildman–Crippen MR) is 68.7 cm³/mol. The van der Waals surface area contributed by atoms with Crippen molar-refractivity contribution in [3.63, 3.8) is 0 Å². The Morgan fingerprint density at radius 1 is 1.58 bits per heavy atom. The number of nitrogens with zero attached hydrogens (tertiary/aromatic N) is 3. The molecule has 0 aliphatic rings. The lowest BCUT2D eigenvalue weighted by Crippen LogP contribution is -2.26. The van der Waals surface area contributed by atoms with Crippen LogP contribution in [0.25, 0.3) is 0 Å². The molecule has 3 N–H and O–H groups in total. The maximum atomic E-state index is 11.9. The van der Waals surface area contributed by atoms with Gasteiger partial charge in [0.1, 0.15) is 5.15 Å². The van der Waals surface area contributed by atoms with Gasteiger partial charge in [-0.15, -0.1) is 0 Å². The first-order chi connectivity index (χ1) is 9.06. The molecule has 7 nitrogen and oxygen atoms in total. The Labute approximate surface area is 114 Å². The SMILES string of the molecule is Cc1noc(CCNC(=O)c2cc(Cl)ncc2N)n1. The van der Waals surface area contributed by atoms with Crippen LogP contribution in [0.5, 0.6) is 0 Å². The molecule has 0 radical (unpaired) electrons. The van der Waals surface area contributed by atoms with Crippen molar-refractivity contribution in [3.05, 3.63) is 34.7 Å². The Morgan fingerprint density at radius 3 is 3.05 bits per heavy atom. The summed E-state index contributed by atoms with van der Waals surface area (Å²) in [5.74, 6) is 0.711. The van der Waals surface area contributed by atoms with E-state index in [2.05, 4.69) is 20.4 Å². The average molecular weight is 282 g/mol. The maximum Gasteiger partial charge on any atom is 0.253 e. The fourth-order valence-corrected chi connectivity index (χ4v) is 1.61. The summed E-state index contributed by atoms with van der Waals surface area (Å²) >= 11 is 5.71. The lowest BCUT2D eigenvalue weighted by atomic mass is 10.2. The van der Waals surface area contributed by atoms with E-state index in [0.717, 1.165) is 0 Å². The molecule has 2 aromatic rings. The number of halogens is 1. The van der Waals surface area contributed by atoms with Gasteiger partial charge in [-0.2, -0.15) is 4.98 Å². The summed E-state index contributed by atoms with van der Waals surface area (Å²) in [6.45, 7) is 2.09. The number of pyridine rings is 1. The predicted octanol–water partition coefficient (Wildman–Crippen LogP) is 0.981. The molecule has 2 aromatic heterocycles. The van der Waals surface area contributed by atoms with Crippen LogP contribution in [-0.4, -0.2) is 27.6 Å². The molecule has 0 aliphatic heterocycles. The Balaban J connectivity index is 1.92. The quantitative estimate of drug-likeness (QED) is 0.809. The van der Waals surface area contributed by atoms with Gasteiger partial charge in [0, 0.05) is 13.0 Å². The van der Waals surface area contributed by atoms with Gasteiger partial charge in [-0.25, -0.2) is 4.98 Å². The highest BCUT2D eigenvalue weighted by Gasteiger charge is 2.11. The van der Waals surface area contributed by atoms with Crippen molar-refractivity contribution in [2.24, 2.45) is 0 Å². The first kappa shape index (κ1) is 13.3. The van der Waals surface area contributed by atoms with Crippen LogP contribution in [0.3, 0.4) is 0 Å². The van der Waals surface area contributed by atoms with E-state index in [-0.39, 0.29) is 16.7 Å². The van der Waals surface area contributed by atoms with Gasteiger partial charge in [0.15, 0.2) is 5.82 Å². The number of aromatic nitrogens is 3. The number of nitrogens with two attached hydrogens (primary N) is 1. The van der Waals surface area contributed by atoms with Crippen LogP contribution in [0.15, 0.2) is 16.8 Å². The molecule has 0 saturated carbocycles. The molecule has 8 heteroatoms. The van der Waals surface area contributed by atoms with Gasteiger partial charge in [-0.3, -0.25) is 4.79 Å². The molecule has 0 aromatic carbocycles. The Hall–Kier alpha value is -2.15. The number of nitrogen functional groups attached to an aromatic ring is 1. The fourth-order valence-electron chi connectivity index (χ4n) is 1.46. The summed E-state index contributed by atoms with van der Waals surface area (Å²) in [5, 5.41) is 6.56. The lowest BCUT2D eigenvalue weighted by Gasteiger charge is -2.06. The number of anilines is 1. The highest BCUT2D eigenvalue weighted by molar-refractivity contribution is 6.29. The molecule has 100 valence electrons. The molecule has 19 heavy (non-hydrogen) atoms. The second-order valence-corrected chi connectivity index (χ2v) is 4.22. The van der Waals surface area contributed by atoms with Crippen LogP contribution in [0.2, 0.25) is 5.15 Å². The molecule has 0 fully saturated rings. The number of hydrogen-bond donors (Lipinski definition) is 2. The van der Waals surface area contributed by atoms with E-state index in [1.165, 1.54) is 12.3 Å². The topological polar surface area (TPSA) is 107 Å². The van der Waals surface area contributed by atoms with Gasteiger partial charge >= 0.3 is 0 Å². The van der Waals surface area contributed by atoms with E-state index in [4.69, 9.17) is 21.9 Å². The summed E-state index contributed by atoms with van der Waals surface area (Å²) < 4.78 is 4.93. The molecule has 0 atom stereocenters. The normalized spacial score (nSPS) is 10.4. The van der Waals surface area contributed by atoms with Crippen molar-refractivity contribution in [2.45, 2.75) is 13.3 Å². The molecule has 0 spiro atoms. The minimum atomic E-state index is -0.321. The summed E-state index contributed by atoms with van der Waals surface area (Å²) in [6, 6.07) is 1.42. The van der Waals surface area contributed by atoms with Crippen molar-refractivity contribution >= 4 is 23.2 Å². The maximum absolute atomic E-state index is 11.9. The van der Waals surface area contributed by atoms with E-state index >= 15 is 0 Å². The highest BCUT2D eigenvalue weighted by Crippen LogP contribution is 2.14. The van der Waals surface area contributed by atoms with E-state index in [9.17, 15) is 4.79 Å². The molecule has 0 aliphatic carbocycles. The van der Waals surface area contributed by atoms with Crippen LogP contribution in [0.4, 0.5) is 5.69 Å². The molecule has 1 amide bonds. The van der Waals surface area contributed by atoms with Crippen LogP contribution in [0.1, 0.15) is 22.1 Å². The largest absolute Gasteiger partial charge is 0.397 e. The number of carbonyl (C=O) groups excluding carboxylic acids is 1. The molecular formula is C11H12ClN5O2. The van der Waals surface area contributed by atoms with Gasteiger partial charge in [-0.05, 0) is 13.0 Å². The smallest absolute Gasteiger partial charge is 0.253 e.